The third-order valence-corrected chi connectivity index (χ3v) is 6.25. The number of aryl methyl sites for hydroxylation is 1. The molecule has 1 saturated heterocycles. The van der Waals surface area contributed by atoms with Crippen molar-refractivity contribution in [2.75, 3.05) is 26.7 Å². The predicted molar refractivity (Wildman–Crippen MR) is 129 cm³/mol. The Morgan fingerprint density at radius 1 is 1.09 bits per heavy atom. The van der Waals surface area contributed by atoms with Crippen molar-refractivity contribution in [1.82, 2.24) is 9.80 Å². The number of nitrogens with zero attached hydrogens (tertiary/aromatic N) is 3. The number of hydrogen-bond acceptors (Lipinski definition) is 5. The molecule has 0 bridgehead atoms. The van der Waals surface area contributed by atoms with Crippen LogP contribution in [0.2, 0.25) is 0 Å². The van der Waals surface area contributed by atoms with Gasteiger partial charge in [-0.2, -0.15) is 0 Å². The van der Waals surface area contributed by atoms with Crippen LogP contribution in [-0.4, -0.2) is 54.3 Å². The average molecular weight is 460 g/mol. The van der Waals surface area contributed by atoms with Crippen molar-refractivity contribution >= 4 is 17.4 Å². The molecule has 174 valence electrons. The van der Waals surface area contributed by atoms with E-state index in [-0.39, 0.29) is 11.9 Å². The van der Waals surface area contributed by atoms with Gasteiger partial charge in [0.2, 0.25) is 0 Å². The molecule has 3 aromatic rings. The summed E-state index contributed by atoms with van der Waals surface area (Å²) >= 11 is 0. The second-order valence-corrected chi connectivity index (χ2v) is 8.67. The number of carbonyl (C=O) groups is 1. The summed E-state index contributed by atoms with van der Waals surface area (Å²) in [4.78, 5) is 22.0. The van der Waals surface area contributed by atoms with Gasteiger partial charge in [0.15, 0.2) is 5.75 Å². The van der Waals surface area contributed by atoms with Gasteiger partial charge in [-0.1, -0.05) is 12.1 Å². The first kappa shape index (κ1) is 21.9. The summed E-state index contributed by atoms with van der Waals surface area (Å²) in [5.74, 6) is 2.32. The van der Waals surface area contributed by atoms with Gasteiger partial charge < -0.3 is 19.3 Å². The van der Waals surface area contributed by atoms with Crippen LogP contribution in [0.4, 0.5) is 10.1 Å². The van der Waals surface area contributed by atoms with Gasteiger partial charge in [-0.15, -0.1) is 0 Å². The lowest BCUT2D eigenvalue weighted by Crippen LogP contribution is -2.55. The maximum Gasteiger partial charge on any atom is 0.254 e. The number of carbonyl (C=O) groups excluding carboxylic acids is 1. The van der Waals surface area contributed by atoms with Crippen molar-refractivity contribution in [3.8, 4) is 17.2 Å². The molecule has 34 heavy (non-hydrogen) atoms. The van der Waals surface area contributed by atoms with Crippen LogP contribution in [0.25, 0.3) is 0 Å². The zero-order valence-corrected chi connectivity index (χ0v) is 19.4. The Morgan fingerprint density at radius 2 is 1.94 bits per heavy atom. The van der Waals surface area contributed by atoms with E-state index in [0.717, 1.165) is 22.6 Å². The van der Waals surface area contributed by atoms with Crippen LogP contribution in [0.1, 0.15) is 28.4 Å². The first-order valence-corrected chi connectivity index (χ1v) is 11.3. The molecule has 0 radical (unpaired) electrons. The first-order valence-electron chi connectivity index (χ1n) is 11.3. The Morgan fingerprint density at radius 3 is 2.71 bits per heavy atom. The van der Waals surface area contributed by atoms with E-state index in [1.54, 1.807) is 24.1 Å². The molecular weight excluding hydrogens is 433 g/mol. The molecule has 1 amide bonds. The molecule has 6 nitrogen and oxygen atoms in total. The summed E-state index contributed by atoms with van der Waals surface area (Å²) in [6.45, 7) is 5.68. The van der Waals surface area contributed by atoms with Crippen molar-refractivity contribution in [1.29, 1.82) is 0 Å². The molecule has 7 heteroatoms. The molecule has 0 aromatic heterocycles. The fourth-order valence-electron chi connectivity index (χ4n) is 4.47. The SMILES string of the molecule is COc1ccc2c(c1)C(N1CCN(C(=O)c3cccc(F)c3)[C@@H](C)C1)=Nc1ccc(C)cc1O2. The molecule has 2 aliphatic heterocycles. The number of amidine groups is 1. The van der Waals surface area contributed by atoms with E-state index in [1.807, 2.05) is 50.2 Å². The van der Waals surface area contributed by atoms with Crippen LogP contribution in [0.15, 0.2) is 65.7 Å². The van der Waals surface area contributed by atoms with E-state index in [9.17, 15) is 9.18 Å². The van der Waals surface area contributed by atoms with Crippen LogP contribution in [0.3, 0.4) is 0 Å². The van der Waals surface area contributed by atoms with Gasteiger partial charge in [-0.3, -0.25) is 4.79 Å². The molecule has 1 fully saturated rings. The zero-order chi connectivity index (χ0) is 23.8. The predicted octanol–water partition coefficient (Wildman–Crippen LogP) is 5.17. The molecule has 0 saturated carbocycles. The van der Waals surface area contributed by atoms with Gasteiger partial charge in [0, 0.05) is 31.2 Å². The van der Waals surface area contributed by atoms with Gasteiger partial charge in [-0.05, 0) is 67.9 Å². The maximum absolute atomic E-state index is 13.7. The van der Waals surface area contributed by atoms with Crippen LogP contribution in [0.5, 0.6) is 17.2 Å². The van der Waals surface area contributed by atoms with E-state index in [1.165, 1.54) is 12.1 Å². The van der Waals surface area contributed by atoms with E-state index < -0.39 is 5.82 Å². The number of piperazine rings is 1. The van der Waals surface area contributed by atoms with Crippen molar-refractivity contribution in [2.45, 2.75) is 19.9 Å². The van der Waals surface area contributed by atoms with Crippen LogP contribution < -0.4 is 9.47 Å². The number of halogens is 1. The Kier molecular flexibility index (Phi) is 5.69. The van der Waals surface area contributed by atoms with Crippen LogP contribution >= 0.6 is 0 Å². The highest BCUT2D eigenvalue weighted by atomic mass is 19.1. The summed E-state index contributed by atoms with van der Waals surface area (Å²) in [6, 6.07) is 17.4. The number of hydrogen-bond donors (Lipinski definition) is 0. The second kappa shape index (κ2) is 8.82. The Balaban J connectivity index is 1.48. The molecule has 0 unspecified atom stereocenters. The summed E-state index contributed by atoms with van der Waals surface area (Å²) in [5, 5.41) is 0. The van der Waals surface area contributed by atoms with Crippen molar-refractivity contribution in [2.24, 2.45) is 4.99 Å². The number of benzene rings is 3. The molecule has 0 N–H and O–H groups in total. The average Bonchev–Trinajstić information content (AvgIpc) is 2.99. The Bertz CT molecular complexity index is 1290. The molecule has 0 spiro atoms. The minimum Gasteiger partial charge on any atom is -0.497 e. The topological polar surface area (TPSA) is 54.4 Å². The maximum atomic E-state index is 13.7. The Labute approximate surface area is 198 Å². The molecule has 1 atom stereocenters. The fraction of sp³-hybridized carbons (Fsp3) is 0.259. The smallest absolute Gasteiger partial charge is 0.254 e. The van der Waals surface area contributed by atoms with Crippen molar-refractivity contribution < 1.29 is 18.7 Å². The number of ether oxygens (including phenoxy) is 2. The molecule has 5 rings (SSSR count). The first-order chi connectivity index (χ1) is 16.4. The van der Waals surface area contributed by atoms with Gasteiger partial charge >= 0.3 is 0 Å². The summed E-state index contributed by atoms with van der Waals surface area (Å²) in [6.07, 6.45) is 0. The van der Waals surface area contributed by atoms with Gasteiger partial charge in [0.25, 0.3) is 5.91 Å². The number of rotatable bonds is 2. The summed E-state index contributed by atoms with van der Waals surface area (Å²) in [5.41, 5.74) is 3.04. The molecule has 3 aromatic carbocycles. The second-order valence-electron chi connectivity index (χ2n) is 8.67. The highest BCUT2D eigenvalue weighted by Crippen LogP contribution is 2.40. The monoisotopic (exact) mass is 459 g/mol. The molecule has 2 aliphatic rings. The highest BCUT2D eigenvalue weighted by Gasteiger charge is 2.32. The normalized spacial score (nSPS) is 17.2. The lowest BCUT2D eigenvalue weighted by molar-refractivity contribution is 0.0581. The molecule has 0 aliphatic carbocycles. The number of amides is 1. The van der Waals surface area contributed by atoms with Crippen LogP contribution in [-0.2, 0) is 0 Å². The fourth-order valence-corrected chi connectivity index (χ4v) is 4.47. The van der Waals surface area contributed by atoms with E-state index in [4.69, 9.17) is 14.5 Å². The summed E-state index contributed by atoms with van der Waals surface area (Å²) < 4.78 is 25.4. The van der Waals surface area contributed by atoms with E-state index in [0.29, 0.717) is 42.4 Å². The lowest BCUT2D eigenvalue weighted by atomic mass is 10.1. The van der Waals surface area contributed by atoms with Crippen molar-refractivity contribution in [3.05, 3.63) is 83.2 Å². The lowest BCUT2D eigenvalue weighted by Gasteiger charge is -2.41. The van der Waals surface area contributed by atoms with Gasteiger partial charge in [-0.25, -0.2) is 9.38 Å². The van der Waals surface area contributed by atoms with E-state index in [2.05, 4.69) is 4.90 Å². The third-order valence-electron chi connectivity index (χ3n) is 6.25. The standard InChI is InChI=1S/C27H26FN3O3/c1-17-7-9-23-25(13-17)34-24-10-8-21(33-3)15-22(24)26(29-23)30-11-12-31(18(2)16-30)27(32)19-5-4-6-20(28)14-19/h4-10,13-15,18H,11-12,16H2,1-3H3/t18-/m0/s1. The van der Waals surface area contributed by atoms with E-state index >= 15 is 0 Å². The number of methoxy groups -OCH3 is 1. The van der Waals surface area contributed by atoms with Gasteiger partial charge in [0.1, 0.15) is 28.8 Å². The third kappa shape index (κ3) is 4.09. The summed E-state index contributed by atoms with van der Waals surface area (Å²) in [7, 11) is 1.63. The number of fused-ring (bicyclic) bond motifs is 2. The quantitative estimate of drug-likeness (QED) is 0.530. The largest absolute Gasteiger partial charge is 0.497 e. The Hall–Kier alpha value is -3.87. The van der Waals surface area contributed by atoms with Crippen molar-refractivity contribution in [3.63, 3.8) is 0 Å². The highest BCUT2D eigenvalue weighted by molar-refractivity contribution is 6.04. The van der Waals surface area contributed by atoms with Crippen LogP contribution in [0, 0.1) is 12.7 Å². The minimum atomic E-state index is -0.413. The molecule has 2 heterocycles. The zero-order valence-electron chi connectivity index (χ0n) is 19.4. The molecular formula is C27H26FN3O3. The van der Waals surface area contributed by atoms with Gasteiger partial charge in [0.05, 0.1) is 12.7 Å². The minimum absolute atomic E-state index is 0.0945. The number of aliphatic imine (C=N–C) groups is 1.